The molecule has 384 valence electrons. The minimum Gasteiger partial charge on any atom is -0.394 e. The molecule has 25 unspecified atom stereocenters. The Balaban J connectivity index is 0.967. The van der Waals surface area contributed by atoms with Gasteiger partial charge in [0.2, 0.25) is 0 Å². The van der Waals surface area contributed by atoms with Gasteiger partial charge in [-0.3, -0.25) is 4.55 Å². The van der Waals surface area contributed by atoms with Crippen molar-refractivity contribution in [3.05, 3.63) is 23.8 Å². The largest absolute Gasteiger partial charge is 0.397 e. The summed E-state index contributed by atoms with van der Waals surface area (Å²) in [5, 5.41) is 94.8. The molecule has 22 heteroatoms. The minimum absolute atomic E-state index is 0.0147. The van der Waals surface area contributed by atoms with Crippen molar-refractivity contribution in [2.75, 3.05) is 26.9 Å². The Hall–Kier alpha value is -1.33. The van der Waals surface area contributed by atoms with E-state index in [2.05, 4.69) is 33.4 Å². The summed E-state index contributed by atoms with van der Waals surface area (Å²) in [4.78, 5) is 0. The lowest BCUT2D eigenvalue weighted by molar-refractivity contribution is -0.361. The average molecular weight is 981 g/mol. The zero-order valence-corrected chi connectivity index (χ0v) is 39.5. The van der Waals surface area contributed by atoms with E-state index in [4.69, 9.17) is 42.1 Å². The lowest BCUT2D eigenvalue weighted by atomic mass is 9.46. The van der Waals surface area contributed by atoms with Gasteiger partial charge >= 0.3 is 10.4 Å². The SMILES string of the molecule is C=C(CCC1(OC)OC2CC3C4CC=C5CC(O)CC(OC6OCC(OS(=O)(=O)O)C(O)C6OC6OC(C)C(O)C(O)C6O)C5(C)C4CCC3(C)C2C1C)COC1OC(CO)C(O)C(O)C1O. The van der Waals surface area contributed by atoms with Gasteiger partial charge in [-0.2, -0.15) is 8.42 Å². The van der Waals surface area contributed by atoms with Gasteiger partial charge in [0.25, 0.3) is 0 Å². The minimum atomic E-state index is -5.07. The van der Waals surface area contributed by atoms with Gasteiger partial charge < -0.3 is 83.9 Å². The summed E-state index contributed by atoms with van der Waals surface area (Å²) in [5.74, 6) is -0.245. The van der Waals surface area contributed by atoms with Gasteiger partial charge in [0, 0.05) is 31.3 Å². The third-order valence-electron chi connectivity index (χ3n) is 17.3. The number of aliphatic hydroxyl groups excluding tert-OH is 9. The van der Waals surface area contributed by atoms with E-state index in [0.29, 0.717) is 24.8 Å². The van der Waals surface area contributed by atoms with E-state index in [1.54, 1.807) is 7.11 Å². The molecule has 4 heterocycles. The van der Waals surface area contributed by atoms with Gasteiger partial charge in [-0.15, -0.1) is 0 Å². The smallest absolute Gasteiger partial charge is 0.394 e. The van der Waals surface area contributed by atoms with E-state index in [1.807, 2.05) is 0 Å². The monoisotopic (exact) mass is 980 g/mol. The molecule has 0 bridgehead atoms. The first-order chi connectivity index (χ1) is 31.5. The van der Waals surface area contributed by atoms with Crippen molar-refractivity contribution in [2.24, 2.45) is 40.4 Å². The maximum atomic E-state index is 11.8. The van der Waals surface area contributed by atoms with Crippen molar-refractivity contribution in [1.29, 1.82) is 0 Å². The van der Waals surface area contributed by atoms with Gasteiger partial charge in [-0.1, -0.05) is 44.6 Å². The summed E-state index contributed by atoms with van der Waals surface area (Å²) in [6.07, 6.45) is -15.6. The second-order valence-corrected chi connectivity index (χ2v) is 22.0. The van der Waals surface area contributed by atoms with Crippen LogP contribution < -0.4 is 0 Å². The number of hydrogen-bond donors (Lipinski definition) is 10. The fourth-order valence-electron chi connectivity index (χ4n) is 13.7. The van der Waals surface area contributed by atoms with Crippen LogP contribution in [0.3, 0.4) is 0 Å². The molecule has 4 saturated heterocycles. The number of ether oxygens (including phenoxy) is 8. The molecule has 67 heavy (non-hydrogen) atoms. The standard InChI is InChI=1S/C45H72O21S/c1-19(17-59-40-37(53)36(52)33(49)28(16-46)62-40)9-12-45(58-6)20(2)31-27(65-45)15-26-24-8-7-22-13-23(47)14-30(44(22,5)25(24)10-11-43(26,31)4)63-42-39(34(50)29(18-60-42)66-67(55,56)57)64-41-38(54)35(51)32(48)21(3)61-41/h7,20-21,23-42,46-54H,1,8-18H2,2-6H3,(H,55,56,57). The zero-order valence-electron chi connectivity index (χ0n) is 38.6. The van der Waals surface area contributed by atoms with Gasteiger partial charge in [0.15, 0.2) is 24.7 Å². The maximum Gasteiger partial charge on any atom is 0.397 e. The van der Waals surface area contributed by atoms with E-state index in [-0.39, 0.29) is 54.1 Å². The Labute approximate surface area is 390 Å². The third-order valence-corrected chi connectivity index (χ3v) is 17.8. The predicted molar refractivity (Wildman–Crippen MR) is 228 cm³/mol. The molecule has 21 nitrogen and oxygen atoms in total. The lowest BCUT2D eigenvalue weighted by Crippen LogP contribution is -2.63. The molecule has 25 atom stereocenters. The third kappa shape index (κ3) is 9.37. The highest BCUT2D eigenvalue weighted by atomic mass is 32.3. The number of allylic oxidation sites excluding steroid dienone is 1. The van der Waals surface area contributed by atoms with Crippen LogP contribution in [0.15, 0.2) is 23.8 Å². The fraction of sp³-hybridized carbons (Fsp3) is 0.911. The van der Waals surface area contributed by atoms with E-state index in [1.165, 1.54) is 6.92 Å². The normalized spacial score (nSPS) is 52.1. The molecule has 0 aromatic carbocycles. The van der Waals surface area contributed by atoms with Gasteiger partial charge in [-0.25, -0.2) is 4.18 Å². The first-order valence-electron chi connectivity index (χ1n) is 23.6. The second-order valence-electron chi connectivity index (χ2n) is 20.9. The van der Waals surface area contributed by atoms with E-state index >= 15 is 0 Å². The number of aliphatic hydroxyl groups is 9. The van der Waals surface area contributed by atoms with Gasteiger partial charge in [0.05, 0.1) is 44.2 Å². The fourth-order valence-corrected chi connectivity index (χ4v) is 14.2. The Kier molecular flexibility index (Phi) is 15.2. The molecular formula is C45H72O21S. The first-order valence-corrected chi connectivity index (χ1v) is 25.0. The van der Waals surface area contributed by atoms with Crippen LogP contribution in [-0.2, 0) is 52.5 Å². The van der Waals surface area contributed by atoms with Crippen LogP contribution in [-0.4, -0.2) is 196 Å². The highest BCUT2D eigenvalue weighted by molar-refractivity contribution is 7.80. The van der Waals surface area contributed by atoms with Crippen LogP contribution >= 0.6 is 0 Å². The summed E-state index contributed by atoms with van der Waals surface area (Å²) in [7, 11) is -3.42. The topological polar surface area (TPSA) is 320 Å². The quantitative estimate of drug-likeness (QED) is 0.0751. The van der Waals surface area contributed by atoms with Crippen LogP contribution in [0.2, 0.25) is 0 Å². The molecule has 3 saturated carbocycles. The Morgan fingerprint density at radius 1 is 0.881 bits per heavy atom. The number of rotatable bonds is 14. The van der Waals surface area contributed by atoms with Crippen molar-refractivity contribution >= 4 is 10.4 Å². The molecule has 8 aliphatic rings. The predicted octanol–water partition coefficient (Wildman–Crippen LogP) is -0.820. The highest BCUT2D eigenvalue weighted by Gasteiger charge is 2.69. The summed E-state index contributed by atoms with van der Waals surface area (Å²) in [6, 6.07) is 0. The average Bonchev–Trinajstić information content (AvgIpc) is 3.74. The van der Waals surface area contributed by atoms with Crippen molar-refractivity contribution in [1.82, 2.24) is 0 Å². The van der Waals surface area contributed by atoms with Crippen LogP contribution in [0.25, 0.3) is 0 Å². The maximum absolute atomic E-state index is 11.8. The number of fused-ring (bicyclic) bond motifs is 7. The van der Waals surface area contributed by atoms with Gasteiger partial charge in [-0.05, 0) is 74.5 Å². The molecule has 7 fully saturated rings. The van der Waals surface area contributed by atoms with Crippen molar-refractivity contribution in [2.45, 2.75) is 189 Å². The molecule has 4 aliphatic carbocycles. The van der Waals surface area contributed by atoms with E-state index in [9.17, 15) is 58.9 Å². The molecule has 0 radical (unpaired) electrons. The summed E-state index contributed by atoms with van der Waals surface area (Å²) < 4.78 is 86.7. The summed E-state index contributed by atoms with van der Waals surface area (Å²) in [6.45, 7) is 11.2. The van der Waals surface area contributed by atoms with Crippen molar-refractivity contribution < 1.29 is 101 Å². The first kappa shape index (κ1) is 52.0. The Bertz CT molecular complexity index is 1910. The Morgan fingerprint density at radius 2 is 1.58 bits per heavy atom. The molecular weight excluding hydrogens is 909 g/mol. The number of methoxy groups -OCH3 is 1. The van der Waals surface area contributed by atoms with Crippen LogP contribution in [0.5, 0.6) is 0 Å². The zero-order chi connectivity index (χ0) is 48.7. The molecule has 8 rings (SSSR count). The van der Waals surface area contributed by atoms with Crippen LogP contribution in [0.1, 0.15) is 79.1 Å². The highest BCUT2D eigenvalue weighted by Crippen LogP contribution is 2.70. The second kappa shape index (κ2) is 19.6. The molecule has 0 aromatic heterocycles. The van der Waals surface area contributed by atoms with Crippen LogP contribution in [0, 0.1) is 40.4 Å². The van der Waals surface area contributed by atoms with Crippen molar-refractivity contribution in [3.8, 4) is 0 Å². The molecule has 4 aliphatic heterocycles. The number of hydrogen-bond acceptors (Lipinski definition) is 20. The van der Waals surface area contributed by atoms with Gasteiger partial charge in [0.1, 0.15) is 61.0 Å². The summed E-state index contributed by atoms with van der Waals surface area (Å²) >= 11 is 0. The molecule has 0 spiro atoms. The van der Waals surface area contributed by atoms with E-state index < -0.39 is 133 Å². The summed E-state index contributed by atoms with van der Waals surface area (Å²) in [5.41, 5.74) is 0.938. The molecule has 10 N–H and O–H groups in total. The lowest BCUT2D eigenvalue weighted by Gasteiger charge is -2.60. The van der Waals surface area contributed by atoms with E-state index in [0.717, 1.165) is 31.3 Å². The Morgan fingerprint density at radius 3 is 2.27 bits per heavy atom. The van der Waals surface area contributed by atoms with Crippen LogP contribution in [0.4, 0.5) is 0 Å². The van der Waals surface area contributed by atoms with Crippen molar-refractivity contribution in [3.63, 3.8) is 0 Å². The molecule has 0 aromatic rings. The molecule has 0 amide bonds.